The van der Waals surface area contributed by atoms with E-state index in [9.17, 15) is 0 Å². The highest BCUT2D eigenvalue weighted by atomic mass is 14.2. The fraction of sp³-hybridized carbons (Fsp3) is 0.0870. The predicted molar refractivity (Wildman–Crippen MR) is 101 cm³/mol. The van der Waals surface area contributed by atoms with Gasteiger partial charge in [-0.2, -0.15) is 5.26 Å². The number of rotatable bonds is 1. The van der Waals surface area contributed by atoms with Crippen molar-refractivity contribution in [3.63, 3.8) is 0 Å². The van der Waals surface area contributed by atoms with Crippen LogP contribution < -0.4 is 0 Å². The maximum absolute atomic E-state index is 9.06. The largest absolute Gasteiger partial charge is 0.192 e. The summed E-state index contributed by atoms with van der Waals surface area (Å²) in [6.45, 7) is 4.25. The van der Waals surface area contributed by atoms with Crippen LogP contribution in [0, 0.1) is 25.2 Å². The molecule has 4 aromatic carbocycles. The Morgan fingerprint density at radius 3 is 2.12 bits per heavy atom. The zero-order valence-electron chi connectivity index (χ0n) is 13.8. The lowest BCUT2D eigenvalue weighted by molar-refractivity contribution is 1.48. The quantitative estimate of drug-likeness (QED) is 0.387. The van der Waals surface area contributed by atoms with Crippen LogP contribution in [0.5, 0.6) is 0 Å². The highest BCUT2D eigenvalue weighted by Gasteiger charge is 2.10. The van der Waals surface area contributed by atoms with E-state index in [1.165, 1.54) is 38.2 Å². The van der Waals surface area contributed by atoms with Crippen molar-refractivity contribution in [2.45, 2.75) is 13.8 Å². The lowest BCUT2D eigenvalue weighted by Gasteiger charge is -2.13. The first-order valence-electron chi connectivity index (χ1n) is 8.10. The number of aryl methyl sites for hydroxylation is 2. The van der Waals surface area contributed by atoms with Crippen LogP contribution >= 0.6 is 0 Å². The molecule has 24 heavy (non-hydrogen) atoms. The van der Waals surface area contributed by atoms with Crippen LogP contribution in [0.15, 0.2) is 66.7 Å². The van der Waals surface area contributed by atoms with E-state index in [2.05, 4.69) is 74.5 Å². The number of benzene rings is 4. The molecule has 0 spiro atoms. The summed E-state index contributed by atoms with van der Waals surface area (Å²) in [6.07, 6.45) is 0. The van der Waals surface area contributed by atoms with Crippen molar-refractivity contribution < 1.29 is 0 Å². The molecular weight excluding hydrogens is 290 g/mol. The average Bonchev–Trinajstić information content (AvgIpc) is 2.60. The molecule has 0 saturated carbocycles. The zero-order valence-corrected chi connectivity index (χ0v) is 13.8. The van der Waals surface area contributed by atoms with Crippen molar-refractivity contribution in [2.24, 2.45) is 0 Å². The van der Waals surface area contributed by atoms with Gasteiger partial charge in [0, 0.05) is 0 Å². The van der Waals surface area contributed by atoms with Gasteiger partial charge >= 0.3 is 0 Å². The van der Waals surface area contributed by atoms with Crippen LogP contribution in [-0.2, 0) is 0 Å². The van der Waals surface area contributed by atoms with Crippen molar-refractivity contribution in [3.05, 3.63) is 83.4 Å². The Labute approximate surface area is 141 Å². The van der Waals surface area contributed by atoms with Crippen molar-refractivity contribution in [3.8, 4) is 17.2 Å². The molecule has 4 aromatic rings. The Morgan fingerprint density at radius 1 is 0.667 bits per heavy atom. The summed E-state index contributed by atoms with van der Waals surface area (Å²) < 4.78 is 0. The van der Waals surface area contributed by atoms with Gasteiger partial charge in [-0.15, -0.1) is 0 Å². The molecule has 0 fully saturated rings. The Morgan fingerprint density at radius 2 is 1.38 bits per heavy atom. The van der Waals surface area contributed by atoms with Gasteiger partial charge in [-0.05, 0) is 64.7 Å². The Bertz CT molecular complexity index is 1110. The number of nitrogens with zero attached hydrogens (tertiary/aromatic N) is 1. The van der Waals surface area contributed by atoms with E-state index < -0.39 is 0 Å². The second kappa shape index (κ2) is 5.51. The fourth-order valence-electron chi connectivity index (χ4n) is 3.38. The van der Waals surface area contributed by atoms with Gasteiger partial charge in [0.15, 0.2) is 0 Å². The molecule has 0 heterocycles. The van der Waals surface area contributed by atoms with E-state index >= 15 is 0 Å². The van der Waals surface area contributed by atoms with Gasteiger partial charge in [-0.3, -0.25) is 0 Å². The zero-order chi connectivity index (χ0) is 16.7. The summed E-state index contributed by atoms with van der Waals surface area (Å²) in [5.74, 6) is 0. The van der Waals surface area contributed by atoms with Crippen molar-refractivity contribution in [1.82, 2.24) is 0 Å². The Balaban J connectivity index is 2.15. The molecule has 0 saturated heterocycles. The molecule has 0 atom stereocenters. The van der Waals surface area contributed by atoms with E-state index in [1.807, 2.05) is 12.1 Å². The van der Waals surface area contributed by atoms with Gasteiger partial charge in [0.05, 0.1) is 11.6 Å². The number of nitriles is 1. The molecule has 114 valence electrons. The minimum atomic E-state index is 0.690. The molecule has 0 bridgehead atoms. The highest BCUT2D eigenvalue weighted by Crippen LogP contribution is 2.37. The summed E-state index contributed by atoms with van der Waals surface area (Å²) in [5.41, 5.74) is 5.61. The monoisotopic (exact) mass is 307 g/mol. The van der Waals surface area contributed by atoms with Gasteiger partial charge in [-0.25, -0.2) is 0 Å². The summed E-state index contributed by atoms with van der Waals surface area (Å²) >= 11 is 0. The first-order valence-corrected chi connectivity index (χ1v) is 8.10. The van der Waals surface area contributed by atoms with Crippen LogP contribution in [-0.4, -0.2) is 0 Å². The topological polar surface area (TPSA) is 23.8 Å². The van der Waals surface area contributed by atoms with Crippen LogP contribution in [0.3, 0.4) is 0 Å². The molecule has 4 rings (SSSR count). The normalized spacial score (nSPS) is 10.9. The SMILES string of the molecule is Cc1ccc2c(-c3ccc(C#N)cc3)c3cc(C)ccc3cc2c1. The lowest BCUT2D eigenvalue weighted by Crippen LogP contribution is -1.88. The molecule has 0 amide bonds. The van der Waals surface area contributed by atoms with E-state index in [1.54, 1.807) is 0 Å². The standard InChI is InChI=1S/C23H17N/c1-15-4-10-21-20(11-15)13-19-7-3-16(2)12-22(19)23(21)18-8-5-17(14-24)6-9-18/h3-13H,1-2H3. The van der Waals surface area contributed by atoms with Gasteiger partial charge < -0.3 is 0 Å². The molecular formula is C23H17N. The lowest BCUT2D eigenvalue weighted by atomic mass is 9.90. The minimum absolute atomic E-state index is 0.690. The van der Waals surface area contributed by atoms with E-state index in [0.29, 0.717) is 5.56 Å². The molecule has 0 aliphatic heterocycles. The second-order valence-corrected chi connectivity index (χ2v) is 6.39. The first kappa shape index (κ1) is 14.5. The van der Waals surface area contributed by atoms with E-state index in [0.717, 1.165) is 5.56 Å². The van der Waals surface area contributed by atoms with Crippen LogP contribution in [0.2, 0.25) is 0 Å². The Kier molecular flexibility index (Phi) is 3.32. The Hall–Kier alpha value is -3.11. The maximum Gasteiger partial charge on any atom is 0.0991 e. The van der Waals surface area contributed by atoms with Gasteiger partial charge in [0.2, 0.25) is 0 Å². The van der Waals surface area contributed by atoms with Gasteiger partial charge in [0.1, 0.15) is 0 Å². The molecule has 0 aromatic heterocycles. The summed E-state index contributed by atoms with van der Waals surface area (Å²) in [5, 5.41) is 14.1. The fourth-order valence-corrected chi connectivity index (χ4v) is 3.38. The van der Waals surface area contributed by atoms with Gasteiger partial charge in [0.25, 0.3) is 0 Å². The predicted octanol–water partition coefficient (Wildman–Crippen LogP) is 6.15. The second-order valence-electron chi connectivity index (χ2n) is 6.39. The maximum atomic E-state index is 9.06. The molecule has 1 heteroatoms. The number of hydrogen-bond acceptors (Lipinski definition) is 1. The van der Waals surface area contributed by atoms with Crippen LogP contribution in [0.25, 0.3) is 32.7 Å². The van der Waals surface area contributed by atoms with Crippen molar-refractivity contribution in [2.75, 3.05) is 0 Å². The number of hydrogen-bond donors (Lipinski definition) is 0. The number of fused-ring (bicyclic) bond motifs is 2. The molecule has 0 radical (unpaired) electrons. The molecule has 0 N–H and O–H groups in total. The minimum Gasteiger partial charge on any atom is -0.192 e. The highest BCUT2D eigenvalue weighted by molar-refractivity contribution is 6.12. The summed E-state index contributed by atoms with van der Waals surface area (Å²) in [7, 11) is 0. The third-order valence-corrected chi connectivity index (χ3v) is 4.57. The van der Waals surface area contributed by atoms with E-state index in [-0.39, 0.29) is 0 Å². The van der Waals surface area contributed by atoms with Crippen LogP contribution in [0.1, 0.15) is 16.7 Å². The van der Waals surface area contributed by atoms with Gasteiger partial charge in [-0.1, -0.05) is 59.7 Å². The summed E-state index contributed by atoms with van der Waals surface area (Å²) in [4.78, 5) is 0. The first-order chi connectivity index (χ1) is 11.7. The summed E-state index contributed by atoms with van der Waals surface area (Å²) in [6, 6.07) is 25.6. The smallest absolute Gasteiger partial charge is 0.0991 e. The molecule has 0 unspecified atom stereocenters. The molecule has 0 aliphatic rings. The van der Waals surface area contributed by atoms with E-state index in [4.69, 9.17) is 5.26 Å². The molecule has 1 nitrogen and oxygen atoms in total. The third-order valence-electron chi connectivity index (χ3n) is 4.57. The average molecular weight is 307 g/mol. The molecule has 0 aliphatic carbocycles. The van der Waals surface area contributed by atoms with Crippen molar-refractivity contribution >= 4 is 21.5 Å². The van der Waals surface area contributed by atoms with Crippen LogP contribution in [0.4, 0.5) is 0 Å². The van der Waals surface area contributed by atoms with Crippen molar-refractivity contribution in [1.29, 1.82) is 5.26 Å². The third kappa shape index (κ3) is 2.33.